The highest BCUT2D eigenvalue weighted by atomic mass is 15.5. The van der Waals surface area contributed by atoms with Crippen molar-refractivity contribution in [1.82, 2.24) is 20.2 Å². The molecule has 3 heterocycles. The standard InChI is InChI=1S/C14H28N4/c1-15-17-7-5-12(6-8-17)9-18-13-3-4-14(18)11-16(2)10-13/h12-15H,3-11H2,1-2H3. The van der Waals surface area contributed by atoms with E-state index in [1.54, 1.807) is 0 Å². The van der Waals surface area contributed by atoms with E-state index >= 15 is 0 Å². The average Bonchev–Trinajstić information content (AvgIpc) is 2.62. The molecule has 104 valence electrons. The number of piperidine rings is 1. The molecule has 0 aliphatic carbocycles. The van der Waals surface area contributed by atoms with Crippen molar-refractivity contribution in [1.29, 1.82) is 0 Å². The van der Waals surface area contributed by atoms with Crippen LogP contribution < -0.4 is 5.43 Å². The molecule has 0 amide bonds. The van der Waals surface area contributed by atoms with Crippen molar-refractivity contribution < 1.29 is 0 Å². The van der Waals surface area contributed by atoms with Gasteiger partial charge >= 0.3 is 0 Å². The van der Waals surface area contributed by atoms with Crippen LogP contribution in [0.3, 0.4) is 0 Å². The number of likely N-dealkylation sites (N-methyl/N-ethyl adjacent to an activating group) is 1. The molecule has 3 aliphatic rings. The molecule has 1 N–H and O–H groups in total. The fourth-order valence-corrected chi connectivity index (χ4v) is 4.14. The van der Waals surface area contributed by atoms with Gasteiger partial charge in [0.15, 0.2) is 0 Å². The normalized spacial score (nSPS) is 36.3. The number of nitrogens with zero attached hydrogens (tertiary/aromatic N) is 3. The first kappa shape index (κ1) is 12.9. The smallest absolute Gasteiger partial charge is 0.0227 e. The summed E-state index contributed by atoms with van der Waals surface area (Å²) in [6.07, 6.45) is 5.61. The maximum atomic E-state index is 3.28. The van der Waals surface area contributed by atoms with Crippen LogP contribution in [0.15, 0.2) is 0 Å². The molecule has 2 atom stereocenters. The molecule has 0 aromatic carbocycles. The molecule has 0 aromatic heterocycles. The predicted octanol–water partition coefficient (Wildman–Crippen LogP) is 0.611. The Morgan fingerprint density at radius 2 is 1.61 bits per heavy atom. The SMILES string of the molecule is CNN1CCC(CN2C3CCC2CN(C)C3)CC1. The zero-order chi connectivity index (χ0) is 12.5. The topological polar surface area (TPSA) is 21.8 Å². The maximum absolute atomic E-state index is 3.28. The minimum absolute atomic E-state index is 0.857. The fraction of sp³-hybridized carbons (Fsp3) is 1.00. The Hall–Kier alpha value is -0.160. The van der Waals surface area contributed by atoms with Crippen LogP contribution in [-0.4, -0.2) is 73.7 Å². The van der Waals surface area contributed by atoms with E-state index in [1.807, 2.05) is 7.05 Å². The summed E-state index contributed by atoms with van der Waals surface area (Å²) in [7, 11) is 4.33. The van der Waals surface area contributed by atoms with E-state index in [4.69, 9.17) is 0 Å². The van der Waals surface area contributed by atoms with Gasteiger partial charge in [-0.15, -0.1) is 0 Å². The third-order valence-corrected chi connectivity index (χ3v) is 5.22. The van der Waals surface area contributed by atoms with Crippen molar-refractivity contribution in [2.24, 2.45) is 5.92 Å². The van der Waals surface area contributed by atoms with Gasteiger partial charge in [-0.05, 0) is 45.7 Å². The monoisotopic (exact) mass is 252 g/mol. The van der Waals surface area contributed by atoms with Gasteiger partial charge < -0.3 is 4.90 Å². The van der Waals surface area contributed by atoms with E-state index in [0.717, 1.165) is 18.0 Å². The van der Waals surface area contributed by atoms with E-state index in [0.29, 0.717) is 0 Å². The van der Waals surface area contributed by atoms with Crippen LogP contribution in [0.4, 0.5) is 0 Å². The minimum atomic E-state index is 0.857. The first-order valence-corrected chi connectivity index (χ1v) is 7.63. The Kier molecular flexibility index (Phi) is 3.89. The first-order valence-electron chi connectivity index (χ1n) is 7.63. The second-order valence-corrected chi connectivity index (χ2v) is 6.46. The van der Waals surface area contributed by atoms with Crippen LogP contribution >= 0.6 is 0 Å². The van der Waals surface area contributed by atoms with E-state index in [2.05, 4.69) is 27.3 Å². The summed E-state index contributed by atoms with van der Waals surface area (Å²) in [5.41, 5.74) is 3.28. The Bertz CT molecular complexity index is 261. The number of nitrogens with one attached hydrogen (secondary N) is 1. The molecule has 3 aliphatic heterocycles. The highest BCUT2D eigenvalue weighted by molar-refractivity contribution is 4.95. The third-order valence-electron chi connectivity index (χ3n) is 5.22. The fourth-order valence-electron chi connectivity index (χ4n) is 4.14. The Morgan fingerprint density at radius 3 is 2.17 bits per heavy atom. The van der Waals surface area contributed by atoms with Crippen LogP contribution in [0.1, 0.15) is 25.7 Å². The maximum Gasteiger partial charge on any atom is 0.0227 e. The van der Waals surface area contributed by atoms with Gasteiger partial charge in [0, 0.05) is 44.8 Å². The molecule has 3 fully saturated rings. The first-order chi connectivity index (χ1) is 8.76. The molecule has 4 nitrogen and oxygen atoms in total. The molecule has 0 saturated carbocycles. The average molecular weight is 252 g/mol. The summed E-state index contributed by atoms with van der Waals surface area (Å²) in [5.74, 6) is 0.932. The van der Waals surface area contributed by atoms with Gasteiger partial charge in [-0.3, -0.25) is 10.3 Å². The quantitative estimate of drug-likeness (QED) is 0.794. The molecule has 18 heavy (non-hydrogen) atoms. The number of hydrogen-bond acceptors (Lipinski definition) is 4. The summed E-state index contributed by atoms with van der Waals surface area (Å²) in [6, 6.07) is 1.71. The second kappa shape index (κ2) is 5.45. The van der Waals surface area contributed by atoms with E-state index < -0.39 is 0 Å². The van der Waals surface area contributed by atoms with Gasteiger partial charge in [-0.25, -0.2) is 5.01 Å². The van der Waals surface area contributed by atoms with Crippen molar-refractivity contribution >= 4 is 0 Å². The van der Waals surface area contributed by atoms with Gasteiger partial charge in [-0.2, -0.15) is 0 Å². The van der Waals surface area contributed by atoms with Crippen molar-refractivity contribution in [2.75, 3.05) is 46.8 Å². The van der Waals surface area contributed by atoms with Gasteiger partial charge in [0.25, 0.3) is 0 Å². The van der Waals surface area contributed by atoms with Crippen LogP contribution in [0.25, 0.3) is 0 Å². The van der Waals surface area contributed by atoms with Gasteiger partial charge in [0.2, 0.25) is 0 Å². The molecule has 3 saturated heterocycles. The van der Waals surface area contributed by atoms with E-state index in [-0.39, 0.29) is 0 Å². The molecule has 2 bridgehead atoms. The van der Waals surface area contributed by atoms with Gasteiger partial charge in [-0.1, -0.05) is 0 Å². The molecule has 3 rings (SSSR count). The summed E-state index contributed by atoms with van der Waals surface area (Å²) in [5, 5.41) is 2.36. The molecule has 0 radical (unpaired) electrons. The summed E-state index contributed by atoms with van der Waals surface area (Å²) in [6.45, 7) is 6.41. The zero-order valence-electron chi connectivity index (χ0n) is 11.9. The van der Waals surface area contributed by atoms with Crippen LogP contribution in [0, 0.1) is 5.92 Å². The lowest BCUT2D eigenvalue weighted by atomic mass is 9.96. The lowest BCUT2D eigenvalue weighted by molar-refractivity contribution is 0.0477. The number of fused-ring (bicyclic) bond motifs is 2. The molecule has 0 aromatic rings. The van der Waals surface area contributed by atoms with Crippen molar-refractivity contribution in [3.63, 3.8) is 0 Å². The van der Waals surface area contributed by atoms with Crippen LogP contribution in [0.2, 0.25) is 0 Å². The van der Waals surface area contributed by atoms with Crippen LogP contribution in [-0.2, 0) is 0 Å². The number of hydrazine groups is 1. The Labute approximate surface area is 111 Å². The molecule has 0 spiro atoms. The highest BCUT2D eigenvalue weighted by Crippen LogP contribution is 2.31. The number of likely N-dealkylation sites (tertiary alicyclic amines) is 1. The van der Waals surface area contributed by atoms with Crippen LogP contribution in [0.5, 0.6) is 0 Å². The summed E-state index contributed by atoms with van der Waals surface area (Å²) < 4.78 is 0. The Balaban J connectivity index is 1.52. The van der Waals surface area contributed by atoms with Crippen molar-refractivity contribution in [2.45, 2.75) is 37.8 Å². The summed E-state index contributed by atoms with van der Waals surface area (Å²) >= 11 is 0. The van der Waals surface area contributed by atoms with Crippen molar-refractivity contribution in [3.8, 4) is 0 Å². The van der Waals surface area contributed by atoms with E-state index in [9.17, 15) is 0 Å². The lowest BCUT2D eigenvalue weighted by Crippen LogP contribution is -2.54. The minimum Gasteiger partial charge on any atom is -0.303 e. The Morgan fingerprint density at radius 1 is 1.00 bits per heavy atom. The molecular formula is C14H28N4. The molecular weight excluding hydrogens is 224 g/mol. The number of piperazine rings is 1. The van der Waals surface area contributed by atoms with E-state index in [1.165, 1.54) is 58.4 Å². The second-order valence-electron chi connectivity index (χ2n) is 6.46. The predicted molar refractivity (Wildman–Crippen MR) is 74.4 cm³/mol. The number of hydrogen-bond donors (Lipinski definition) is 1. The van der Waals surface area contributed by atoms with Crippen molar-refractivity contribution in [3.05, 3.63) is 0 Å². The zero-order valence-corrected chi connectivity index (χ0v) is 11.9. The molecule has 2 unspecified atom stereocenters. The largest absolute Gasteiger partial charge is 0.303 e. The lowest BCUT2D eigenvalue weighted by Gasteiger charge is -2.42. The highest BCUT2D eigenvalue weighted by Gasteiger charge is 2.39. The number of rotatable bonds is 3. The third kappa shape index (κ3) is 2.57. The molecule has 4 heteroatoms. The summed E-state index contributed by atoms with van der Waals surface area (Å²) in [4.78, 5) is 5.38. The van der Waals surface area contributed by atoms with Gasteiger partial charge in [0.05, 0.1) is 0 Å². The van der Waals surface area contributed by atoms with Gasteiger partial charge in [0.1, 0.15) is 0 Å².